The van der Waals surface area contributed by atoms with Crippen LogP contribution in [0, 0.1) is 5.82 Å². The zero-order valence-electron chi connectivity index (χ0n) is 9.86. The summed E-state index contributed by atoms with van der Waals surface area (Å²) in [5, 5.41) is 24.2. The van der Waals surface area contributed by atoms with E-state index in [1.54, 1.807) is 0 Å². The van der Waals surface area contributed by atoms with E-state index in [1.807, 2.05) is 0 Å². The first kappa shape index (κ1) is 12.7. The van der Waals surface area contributed by atoms with E-state index in [1.165, 1.54) is 48.5 Å². The van der Waals surface area contributed by atoms with Crippen molar-refractivity contribution < 1.29 is 14.6 Å². The fourth-order valence-electron chi connectivity index (χ4n) is 1.76. The molecule has 2 rings (SSSR count). The maximum absolute atomic E-state index is 12.9. The molecule has 1 heterocycles. The van der Waals surface area contributed by atoms with Crippen LogP contribution in [0.1, 0.15) is 12.5 Å². The van der Waals surface area contributed by atoms with Crippen LogP contribution in [0.4, 0.5) is 4.39 Å². The Morgan fingerprint density at radius 3 is 2.56 bits per heavy atom. The van der Waals surface area contributed by atoms with E-state index in [2.05, 4.69) is 10.1 Å². The van der Waals surface area contributed by atoms with Gasteiger partial charge in [-0.3, -0.25) is 0 Å². The molecule has 96 valence electrons. The minimum atomic E-state index is -1.54. The van der Waals surface area contributed by atoms with Gasteiger partial charge in [-0.05, 0) is 24.6 Å². The Morgan fingerprint density at radius 2 is 2.06 bits per heavy atom. The lowest BCUT2D eigenvalue weighted by Crippen LogP contribution is -2.41. The summed E-state index contributed by atoms with van der Waals surface area (Å²) < 4.78 is 14.3. The van der Waals surface area contributed by atoms with Gasteiger partial charge in [-0.2, -0.15) is 5.10 Å². The van der Waals surface area contributed by atoms with E-state index in [9.17, 15) is 14.6 Å². The first-order chi connectivity index (χ1) is 8.52. The van der Waals surface area contributed by atoms with Crippen molar-refractivity contribution in [2.75, 3.05) is 0 Å². The molecule has 0 aliphatic carbocycles. The molecule has 0 aliphatic rings. The van der Waals surface area contributed by atoms with Gasteiger partial charge in [-0.1, -0.05) is 12.1 Å². The van der Waals surface area contributed by atoms with Crippen molar-refractivity contribution >= 4 is 0 Å². The molecule has 0 aliphatic heterocycles. The largest absolute Gasteiger partial charge is 0.390 e. The maximum atomic E-state index is 12.9. The molecule has 2 atom stereocenters. The standard InChI is InChI=1S/C12H14FN3O2/c1-9(17)12(18,6-16-8-14-7-15-16)10-2-4-11(13)5-3-10/h2-5,7-9,17-18H,6H2,1H3/t9-,12-/m0/s1. The predicted octanol–water partition coefficient (Wildman–Crippen LogP) is 0.686. The average molecular weight is 251 g/mol. The van der Waals surface area contributed by atoms with Gasteiger partial charge in [0.15, 0.2) is 0 Å². The van der Waals surface area contributed by atoms with Crippen molar-refractivity contribution in [3.8, 4) is 0 Å². The third-order valence-corrected chi connectivity index (χ3v) is 2.90. The molecule has 0 fully saturated rings. The highest BCUT2D eigenvalue weighted by Gasteiger charge is 2.35. The molecule has 6 heteroatoms. The number of rotatable bonds is 4. The molecular weight excluding hydrogens is 237 g/mol. The summed E-state index contributed by atoms with van der Waals surface area (Å²) in [6, 6.07) is 5.37. The van der Waals surface area contributed by atoms with E-state index in [0.717, 1.165) is 0 Å². The molecule has 1 aromatic carbocycles. The van der Waals surface area contributed by atoms with Gasteiger partial charge in [-0.15, -0.1) is 0 Å². The predicted molar refractivity (Wildman–Crippen MR) is 62.0 cm³/mol. The Kier molecular flexibility index (Phi) is 3.40. The Balaban J connectivity index is 2.34. The van der Waals surface area contributed by atoms with Gasteiger partial charge in [0.25, 0.3) is 0 Å². The van der Waals surface area contributed by atoms with E-state index in [0.29, 0.717) is 5.56 Å². The highest BCUT2D eigenvalue weighted by Crippen LogP contribution is 2.27. The molecule has 18 heavy (non-hydrogen) atoms. The molecule has 2 N–H and O–H groups in total. The van der Waals surface area contributed by atoms with Gasteiger partial charge >= 0.3 is 0 Å². The van der Waals surface area contributed by atoms with Crippen molar-refractivity contribution in [3.05, 3.63) is 48.3 Å². The summed E-state index contributed by atoms with van der Waals surface area (Å²) in [7, 11) is 0. The van der Waals surface area contributed by atoms with Gasteiger partial charge in [0.1, 0.15) is 24.1 Å². The molecule has 2 aromatic rings. The number of hydrogen-bond acceptors (Lipinski definition) is 4. The normalized spacial score (nSPS) is 16.2. The number of benzene rings is 1. The fraction of sp³-hybridized carbons (Fsp3) is 0.333. The second-order valence-corrected chi connectivity index (χ2v) is 4.20. The Hall–Kier alpha value is -1.79. The third kappa shape index (κ3) is 2.39. The summed E-state index contributed by atoms with van der Waals surface area (Å²) in [4.78, 5) is 3.77. The summed E-state index contributed by atoms with van der Waals surface area (Å²) in [6.07, 6.45) is 1.75. The average Bonchev–Trinajstić information content (AvgIpc) is 2.82. The van der Waals surface area contributed by atoms with Gasteiger partial charge in [0.2, 0.25) is 0 Å². The molecule has 0 saturated carbocycles. The van der Waals surface area contributed by atoms with Crippen molar-refractivity contribution in [3.63, 3.8) is 0 Å². The van der Waals surface area contributed by atoms with Crippen LogP contribution in [0.25, 0.3) is 0 Å². The smallest absolute Gasteiger partial charge is 0.137 e. The van der Waals surface area contributed by atoms with Gasteiger partial charge in [-0.25, -0.2) is 14.1 Å². The van der Waals surface area contributed by atoms with E-state index < -0.39 is 17.5 Å². The molecule has 0 bridgehead atoms. The first-order valence-electron chi connectivity index (χ1n) is 5.51. The number of nitrogens with zero attached hydrogens (tertiary/aromatic N) is 3. The second-order valence-electron chi connectivity index (χ2n) is 4.20. The monoisotopic (exact) mass is 251 g/mol. The van der Waals surface area contributed by atoms with Crippen LogP contribution in [-0.4, -0.2) is 31.1 Å². The van der Waals surface area contributed by atoms with Gasteiger partial charge < -0.3 is 10.2 Å². The Bertz CT molecular complexity index is 499. The zero-order chi connectivity index (χ0) is 13.2. The summed E-state index contributed by atoms with van der Waals surface area (Å²) in [5.74, 6) is -0.396. The molecule has 0 unspecified atom stereocenters. The number of aliphatic hydroxyl groups is 2. The molecule has 1 aromatic heterocycles. The Morgan fingerprint density at radius 1 is 1.39 bits per heavy atom. The molecule has 5 nitrogen and oxygen atoms in total. The van der Waals surface area contributed by atoms with E-state index >= 15 is 0 Å². The summed E-state index contributed by atoms with van der Waals surface area (Å²) >= 11 is 0. The van der Waals surface area contributed by atoms with Crippen LogP contribution >= 0.6 is 0 Å². The van der Waals surface area contributed by atoms with Crippen LogP contribution in [0.3, 0.4) is 0 Å². The highest BCUT2D eigenvalue weighted by molar-refractivity contribution is 5.24. The minimum Gasteiger partial charge on any atom is -0.390 e. The second kappa shape index (κ2) is 4.83. The molecule has 0 amide bonds. The van der Waals surface area contributed by atoms with Crippen molar-refractivity contribution in [1.29, 1.82) is 0 Å². The molecule has 0 radical (unpaired) electrons. The SMILES string of the molecule is C[C@H](O)[C@@](O)(Cn1cncn1)c1ccc(F)cc1. The first-order valence-corrected chi connectivity index (χ1v) is 5.51. The number of halogens is 1. The van der Waals surface area contributed by atoms with Crippen LogP contribution in [-0.2, 0) is 12.1 Å². The topological polar surface area (TPSA) is 71.2 Å². The summed E-state index contributed by atoms with van der Waals surface area (Å²) in [6.45, 7) is 1.51. The van der Waals surface area contributed by atoms with E-state index in [-0.39, 0.29) is 6.54 Å². The fourth-order valence-corrected chi connectivity index (χ4v) is 1.76. The van der Waals surface area contributed by atoms with Crippen molar-refractivity contribution in [2.45, 2.75) is 25.2 Å². The third-order valence-electron chi connectivity index (χ3n) is 2.90. The number of aliphatic hydroxyl groups excluding tert-OH is 1. The maximum Gasteiger partial charge on any atom is 0.137 e. The quantitative estimate of drug-likeness (QED) is 0.838. The van der Waals surface area contributed by atoms with Crippen LogP contribution < -0.4 is 0 Å². The van der Waals surface area contributed by atoms with Gasteiger partial charge in [0, 0.05) is 0 Å². The number of hydrogen-bond donors (Lipinski definition) is 2. The minimum absolute atomic E-state index is 0.0380. The highest BCUT2D eigenvalue weighted by atomic mass is 19.1. The van der Waals surface area contributed by atoms with Crippen LogP contribution in [0.5, 0.6) is 0 Å². The molecule has 0 spiro atoms. The van der Waals surface area contributed by atoms with Crippen molar-refractivity contribution in [1.82, 2.24) is 14.8 Å². The summed E-state index contributed by atoms with van der Waals surface area (Å²) in [5.41, 5.74) is -1.11. The lowest BCUT2D eigenvalue weighted by molar-refractivity contribution is -0.0852. The molecular formula is C12H14FN3O2. The Labute approximate surface area is 104 Å². The van der Waals surface area contributed by atoms with Gasteiger partial charge in [0.05, 0.1) is 12.6 Å². The van der Waals surface area contributed by atoms with E-state index in [4.69, 9.17) is 0 Å². The number of aromatic nitrogens is 3. The molecule has 0 saturated heterocycles. The van der Waals surface area contributed by atoms with Crippen LogP contribution in [0.15, 0.2) is 36.9 Å². The van der Waals surface area contributed by atoms with Crippen LogP contribution in [0.2, 0.25) is 0 Å². The lowest BCUT2D eigenvalue weighted by Gasteiger charge is -2.31. The lowest BCUT2D eigenvalue weighted by atomic mass is 9.89. The van der Waals surface area contributed by atoms with Crippen molar-refractivity contribution in [2.24, 2.45) is 0 Å². The zero-order valence-corrected chi connectivity index (χ0v) is 9.86.